The third-order valence-electron chi connectivity index (χ3n) is 4.30. The molecule has 22 heavy (non-hydrogen) atoms. The number of nitrogens with zero attached hydrogens (tertiary/aromatic N) is 1. The molecule has 2 aromatic rings. The van der Waals surface area contributed by atoms with E-state index < -0.39 is 0 Å². The Labute approximate surface area is 136 Å². The predicted octanol–water partition coefficient (Wildman–Crippen LogP) is 4.46. The van der Waals surface area contributed by atoms with Gasteiger partial charge in [0, 0.05) is 17.5 Å². The van der Waals surface area contributed by atoms with Crippen LogP contribution >= 0.6 is 11.6 Å². The molecule has 0 fully saturated rings. The van der Waals surface area contributed by atoms with Crippen LogP contribution in [0.4, 0.5) is 5.69 Å². The third-order valence-corrected chi connectivity index (χ3v) is 4.54. The van der Waals surface area contributed by atoms with Crippen molar-refractivity contribution in [2.45, 2.75) is 13.3 Å². The van der Waals surface area contributed by atoms with Gasteiger partial charge in [-0.2, -0.15) is 0 Å². The van der Waals surface area contributed by atoms with E-state index in [4.69, 9.17) is 11.6 Å². The second kappa shape index (κ2) is 5.71. The van der Waals surface area contributed by atoms with Crippen LogP contribution in [0.15, 0.2) is 54.7 Å². The molecule has 1 unspecified atom stereocenters. The lowest BCUT2D eigenvalue weighted by Crippen LogP contribution is -2.39. The Morgan fingerprint density at radius 2 is 1.86 bits per heavy atom. The van der Waals surface area contributed by atoms with Gasteiger partial charge < -0.3 is 0 Å². The molecule has 0 aliphatic carbocycles. The largest absolute Gasteiger partial charge is 0.294 e. The summed E-state index contributed by atoms with van der Waals surface area (Å²) < 4.78 is 0.635. The molecule has 1 heterocycles. The molecule has 2 aromatic carbocycles. The lowest BCUT2D eigenvalue weighted by atomic mass is 10.0. The highest BCUT2D eigenvalue weighted by atomic mass is 35.5. The van der Waals surface area contributed by atoms with Gasteiger partial charge >= 0.3 is 0 Å². The van der Waals surface area contributed by atoms with Crippen molar-refractivity contribution < 1.29 is 4.79 Å². The van der Waals surface area contributed by atoms with E-state index in [0.29, 0.717) is 9.51 Å². The summed E-state index contributed by atoms with van der Waals surface area (Å²) in [5, 5.41) is 0.669. The highest BCUT2D eigenvalue weighted by Crippen LogP contribution is 2.41. The number of carbonyl (C=O) groups is 1. The number of hydrogen-bond donors (Lipinski definition) is 0. The number of likely N-dealkylation sites (N-methyl/N-ethyl adjacent to an activating group) is 1. The first-order valence-electron chi connectivity index (χ1n) is 7.43. The summed E-state index contributed by atoms with van der Waals surface area (Å²) >= 11 is 6.11. The van der Waals surface area contributed by atoms with Crippen LogP contribution in [0.2, 0.25) is 5.02 Å². The average molecular weight is 313 g/mol. The maximum absolute atomic E-state index is 12.0. The van der Waals surface area contributed by atoms with Crippen LogP contribution in [0, 0.1) is 0 Å². The zero-order valence-corrected chi connectivity index (χ0v) is 13.6. The maximum Gasteiger partial charge on any atom is 0.165 e. The van der Waals surface area contributed by atoms with Crippen molar-refractivity contribution in [3.05, 3.63) is 70.9 Å². The van der Waals surface area contributed by atoms with Crippen molar-refractivity contribution in [1.82, 2.24) is 4.48 Å². The number of carbonyl (C=O) groups excluding carboxylic acids is 1. The Bertz CT molecular complexity index is 751. The minimum atomic E-state index is 0.0880. The van der Waals surface area contributed by atoms with Gasteiger partial charge in [0.15, 0.2) is 5.78 Å². The molecule has 3 rings (SSSR count). The third kappa shape index (κ3) is 2.72. The molecule has 3 heteroatoms. The Kier molecular flexibility index (Phi) is 3.90. The summed E-state index contributed by atoms with van der Waals surface area (Å²) in [6.07, 6.45) is 3.02. The number of halogens is 1. The van der Waals surface area contributed by atoms with E-state index in [2.05, 4.69) is 37.5 Å². The van der Waals surface area contributed by atoms with E-state index in [-0.39, 0.29) is 5.78 Å². The van der Waals surface area contributed by atoms with Gasteiger partial charge in [0.2, 0.25) is 0 Å². The van der Waals surface area contributed by atoms with E-state index in [1.807, 2.05) is 24.3 Å². The number of allylic oxidation sites excluding steroid dienone is 1. The van der Waals surface area contributed by atoms with Gasteiger partial charge in [0.25, 0.3) is 0 Å². The summed E-state index contributed by atoms with van der Waals surface area (Å²) in [5.74, 6) is 0.0880. The summed E-state index contributed by atoms with van der Waals surface area (Å²) in [6.45, 7) is 2.53. The average Bonchev–Trinajstić information content (AvgIpc) is 2.80. The number of Topliss-reactive ketones (excluding diaryl/α,β-unsaturated/α-hetero) is 1. The first-order valence-corrected chi connectivity index (χ1v) is 7.81. The second-order valence-corrected chi connectivity index (χ2v) is 6.42. The lowest BCUT2D eigenvalue weighted by molar-refractivity contribution is -0.111. The SMILES string of the molecule is CC(=O)C1=C[N+](C)(CCc2ccccc2)c2ccc(Cl)cc21. The highest BCUT2D eigenvalue weighted by Gasteiger charge is 2.36. The molecular weight excluding hydrogens is 294 g/mol. The summed E-state index contributed by atoms with van der Waals surface area (Å²) in [7, 11) is 2.14. The molecule has 0 N–H and O–H groups in total. The van der Waals surface area contributed by atoms with Crippen LogP contribution in [-0.2, 0) is 11.2 Å². The number of fused-ring (bicyclic) bond motifs is 1. The van der Waals surface area contributed by atoms with E-state index in [1.54, 1.807) is 6.92 Å². The van der Waals surface area contributed by atoms with Crippen LogP contribution < -0.4 is 4.48 Å². The van der Waals surface area contributed by atoms with Crippen LogP contribution in [0.1, 0.15) is 18.1 Å². The molecule has 0 saturated heterocycles. The minimum Gasteiger partial charge on any atom is -0.294 e. The fourth-order valence-corrected chi connectivity index (χ4v) is 3.24. The second-order valence-electron chi connectivity index (χ2n) is 5.99. The summed E-state index contributed by atoms with van der Waals surface area (Å²) in [6, 6.07) is 16.3. The van der Waals surface area contributed by atoms with Crippen LogP contribution in [0.3, 0.4) is 0 Å². The van der Waals surface area contributed by atoms with Crippen molar-refractivity contribution in [2.24, 2.45) is 0 Å². The fourth-order valence-electron chi connectivity index (χ4n) is 3.07. The van der Waals surface area contributed by atoms with Gasteiger partial charge in [0.1, 0.15) is 11.9 Å². The number of ketones is 1. The van der Waals surface area contributed by atoms with Crippen LogP contribution in [0.25, 0.3) is 5.57 Å². The van der Waals surface area contributed by atoms with Gasteiger partial charge in [-0.3, -0.25) is 9.28 Å². The van der Waals surface area contributed by atoms with Gasteiger partial charge in [-0.1, -0.05) is 41.9 Å². The van der Waals surface area contributed by atoms with E-state index in [9.17, 15) is 4.79 Å². The molecule has 0 spiro atoms. The van der Waals surface area contributed by atoms with Crippen molar-refractivity contribution in [2.75, 3.05) is 13.6 Å². The Balaban J connectivity index is 1.95. The van der Waals surface area contributed by atoms with Crippen molar-refractivity contribution in [1.29, 1.82) is 0 Å². The topological polar surface area (TPSA) is 17.1 Å². The Hall–Kier alpha value is -1.90. The molecule has 1 aliphatic heterocycles. The minimum absolute atomic E-state index is 0.0880. The quantitative estimate of drug-likeness (QED) is 0.762. The zero-order valence-electron chi connectivity index (χ0n) is 12.8. The normalized spacial score (nSPS) is 19.7. The van der Waals surface area contributed by atoms with Gasteiger partial charge in [0.05, 0.1) is 24.7 Å². The van der Waals surface area contributed by atoms with E-state index >= 15 is 0 Å². The number of rotatable bonds is 4. The molecule has 0 bridgehead atoms. The van der Waals surface area contributed by atoms with Crippen molar-refractivity contribution >= 4 is 28.6 Å². The predicted molar refractivity (Wildman–Crippen MR) is 92.8 cm³/mol. The van der Waals surface area contributed by atoms with E-state index in [0.717, 1.165) is 29.8 Å². The van der Waals surface area contributed by atoms with Crippen molar-refractivity contribution in [3.8, 4) is 0 Å². The Morgan fingerprint density at radius 1 is 1.14 bits per heavy atom. The maximum atomic E-state index is 12.0. The molecule has 2 nitrogen and oxygen atoms in total. The smallest absolute Gasteiger partial charge is 0.165 e. The van der Waals surface area contributed by atoms with Crippen LogP contribution in [-0.4, -0.2) is 19.4 Å². The number of benzene rings is 2. The molecule has 0 amide bonds. The Morgan fingerprint density at radius 3 is 2.55 bits per heavy atom. The van der Waals surface area contributed by atoms with E-state index in [1.165, 1.54) is 5.56 Å². The lowest BCUT2D eigenvalue weighted by Gasteiger charge is -2.27. The molecule has 1 atom stereocenters. The molecular formula is C19H19ClNO+. The zero-order chi connectivity index (χ0) is 15.7. The fraction of sp³-hybridized carbons (Fsp3) is 0.211. The molecule has 0 radical (unpaired) electrons. The van der Waals surface area contributed by atoms with Crippen LogP contribution in [0.5, 0.6) is 0 Å². The van der Waals surface area contributed by atoms with Gasteiger partial charge in [-0.25, -0.2) is 0 Å². The molecule has 1 aliphatic rings. The highest BCUT2D eigenvalue weighted by molar-refractivity contribution is 6.31. The first kappa shape index (κ1) is 15.0. The van der Waals surface area contributed by atoms with Gasteiger partial charge in [-0.15, -0.1) is 0 Å². The summed E-state index contributed by atoms with van der Waals surface area (Å²) in [5.41, 5.74) is 4.19. The summed E-state index contributed by atoms with van der Waals surface area (Å²) in [4.78, 5) is 12.0. The number of hydrogen-bond acceptors (Lipinski definition) is 1. The van der Waals surface area contributed by atoms with Gasteiger partial charge in [-0.05, 0) is 24.6 Å². The number of quaternary nitrogens is 1. The molecule has 0 aromatic heterocycles. The first-order chi connectivity index (χ1) is 10.5. The molecule has 0 saturated carbocycles. The molecule has 112 valence electrons. The monoisotopic (exact) mass is 312 g/mol. The van der Waals surface area contributed by atoms with Crippen molar-refractivity contribution in [3.63, 3.8) is 0 Å². The standard InChI is InChI=1S/C19H19ClNO/c1-14(22)18-13-21(2,11-10-15-6-4-3-5-7-15)19-9-8-16(20)12-17(18)19/h3-9,12-13H,10-11H2,1-2H3/q+1.